The number of aryl methyl sites for hydroxylation is 1. The molecule has 1 N–H and O–H groups in total. The summed E-state index contributed by atoms with van der Waals surface area (Å²) >= 11 is 0. The molecule has 0 amide bonds. The Morgan fingerprint density at radius 3 is 2.67 bits per heavy atom. The lowest BCUT2D eigenvalue weighted by atomic mass is 9.90. The van der Waals surface area contributed by atoms with Gasteiger partial charge in [-0.15, -0.1) is 0 Å². The highest BCUT2D eigenvalue weighted by molar-refractivity contribution is 5.10. The third kappa shape index (κ3) is 1.99. The summed E-state index contributed by atoms with van der Waals surface area (Å²) in [5.74, 6) is 1.36. The second-order valence-corrected chi connectivity index (χ2v) is 5.69. The molecule has 3 rings (SSSR count). The van der Waals surface area contributed by atoms with Gasteiger partial charge in [0.05, 0.1) is 0 Å². The number of H-pyrrole nitrogens is 1. The van der Waals surface area contributed by atoms with Crippen LogP contribution in [0.2, 0.25) is 0 Å². The predicted molar refractivity (Wildman–Crippen MR) is 70.8 cm³/mol. The second-order valence-electron chi connectivity index (χ2n) is 5.69. The Hall–Kier alpha value is -1.16. The monoisotopic (exact) mass is 247 g/mol. The molecule has 0 spiro atoms. The first-order valence-corrected chi connectivity index (χ1v) is 6.99. The molecule has 0 aromatic carbocycles. The van der Waals surface area contributed by atoms with E-state index in [1.54, 1.807) is 6.07 Å². The molecule has 3 heterocycles. The van der Waals surface area contributed by atoms with E-state index >= 15 is 0 Å². The van der Waals surface area contributed by atoms with Crippen LogP contribution in [0.3, 0.4) is 0 Å². The molecule has 0 saturated carbocycles. The molecule has 2 atom stereocenters. The lowest BCUT2D eigenvalue weighted by molar-refractivity contribution is 0.158. The number of fused-ring (bicyclic) bond motifs is 2. The maximum atomic E-state index is 11.6. The summed E-state index contributed by atoms with van der Waals surface area (Å²) in [4.78, 5) is 21.7. The van der Waals surface area contributed by atoms with Gasteiger partial charge in [-0.2, -0.15) is 0 Å². The van der Waals surface area contributed by atoms with Crippen molar-refractivity contribution < 1.29 is 0 Å². The molecule has 4 heteroatoms. The van der Waals surface area contributed by atoms with Crippen molar-refractivity contribution in [2.24, 2.45) is 0 Å². The normalized spacial score (nSPS) is 31.8. The number of aromatic nitrogens is 2. The number of rotatable bonds is 2. The van der Waals surface area contributed by atoms with Crippen molar-refractivity contribution in [3.8, 4) is 0 Å². The van der Waals surface area contributed by atoms with Crippen molar-refractivity contribution >= 4 is 0 Å². The average Bonchev–Trinajstić information content (AvgIpc) is 2.60. The largest absolute Gasteiger partial charge is 0.310 e. The van der Waals surface area contributed by atoms with Crippen LogP contribution >= 0.6 is 0 Å². The summed E-state index contributed by atoms with van der Waals surface area (Å²) < 4.78 is 0. The van der Waals surface area contributed by atoms with Crippen LogP contribution in [0, 0.1) is 0 Å². The zero-order valence-electron chi connectivity index (χ0n) is 11.1. The highest BCUT2D eigenvalue weighted by Gasteiger charge is 2.39. The van der Waals surface area contributed by atoms with Crippen molar-refractivity contribution in [1.82, 2.24) is 14.9 Å². The summed E-state index contributed by atoms with van der Waals surface area (Å²) in [7, 11) is 2.23. The van der Waals surface area contributed by atoms with Crippen LogP contribution in [-0.2, 0) is 6.42 Å². The summed E-state index contributed by atoms with van der Waals surface area (Å²) in [6.45, 7) is 2.05. The van der Waals surface area contributed by atoms with Crippen LogP contribution in [0.15, 0.2) is 10.9 Å². The van der Waals surface area contributed by atoms with Crippen molar-refractivity contribution in [3.63, 3.8) is 0 Å². The van der Waals surface area contributed by atoms with Gasteiger partial charge in [-0.1, -0.05) is 6.92 Å². The summed E-state index contributed by atoms with van der Waals surface area (Å²) in [6, 6.07) is 2.99. The van der Waals surface area contributed by atoms with Crippen LogP contribution in [0.1, 0.15) is 50.0 Å². The molecule has 2 unspecified atom stereocenters. The summed E-state index contributed by atoms with van der Waals surface area (Å²) in [5, 5.41) is 0. The zero-order valence-corrected chi connectivity index (χ0v) is 11.1. The van der Waals surface area contributed by atoms with Crippen LogP contribution in [0.5, 0.6) is 0 Å². The maximum absolute atomic E-state index is 11.6. The van der Waals surface area contributed by atoms with Gasteiger partial charge in [-0.05, 0) is 39.2 Å². The van der Waals surface area contributed by atoms with Gasteiger partial charge in [0.2, 0.25) is 0 Å². The molecule has 0 aliphatic carbocycles. The maximum Gasteiger partial charge on any atom is 0.251 e. The Kier molecular flexibility index (Phi) is 2.98. The molecule has 1 aromatic rings. The molecule has 1 aromatic heterocycles. The van der Waals surface area contributed by atoms with E-state index in [1.165, 1.54) is 12.8 Å². The molecule has 18 heavy (non-hydrogen) atoms. The fraction of sp³-hybridized carbons (Fsp3) is 0.714. The van der Waals surface area contributed by atoms with Gasteiger partial charge < -0.3 is 9.88 Å². The van der Waals surface area contributed by atoms with Gasteiger partial charge in [-0.25, -0.2) is 4.98 Å². The van der Waals surface area contributed by atoms with Crippen LogP contribution in [-0.4, -0.2) is 34.0 Å². The Morgan fingerprint density at radius 1 is 1.39 bits per heavy atom. The van der Waals surface area contributed by atoms with Crippen LogP contribution in [0.25, 0.3) is 0 Å². The fourth-order valence-electron chi connectivity index (χ4n) is 3.54. The number of aromatic amines is 1. The lowest BCUT2D eigenvalue weighted by Gasteiger charge is -2.35. The number of piperidine rings is 1. The zero-order chi connectivity index (χ0) is 12.7. The van der Waals surface area contributed by atoms with Gasteiger partial charge in [-0.3, -0.25) is 4.79 Å². The number of hydrogen-bond donors (Lipinski definition) is 1. The molecule has 2 bridgehead atoms. The van der Waals surface area contributed by atoms with Crippen molar-refractivity contribution in [3.05, 3.63) is 27.9 Å². The minimum Gasteiger partial charge on any atom is -0.310 e. The first kappa shape index (κ1) is 11.9. The third-order valence-electron chi connectivity index (χ3n) is 4.66. The SMILES string of the molecule is CCc1cc(=O)[nH]c(C2CC3CCC(C2)N3C)n1. The summed E-state index contributed by atoms with van der Waals surface area (Å²) in [5.41, 5.74) is 0.920. The highest BCUT2D eigenvalue weighted by atomic mass is 16.1. The van der Waals surface area contributed by atoms with Crippen molar-refractivity contribution in [2.75, 3.05) is 7.05 Å². The van der Waals surface area contributed by atoms with Gasteiger partial charge in [0.1, 0.15) is 5.82 Å². The fourth-order valence-corrected chi connectivity index (χ4v) is 3.54. The van der Waals surface area contributed by atoms with E-state index in [1.807, 2.05) is 6.92 Å². The summed E-state index contributed by atoms with van der Waals surface area (Å²) in [6.07, 6.45) is 5.72. The Labute approximate surface area is 107 Å². The standard InChI is InChI=1S/C14H21N3O/c1-3-10-8-13(18)16-14(15-10)9-6-11-4-5-12(7-9)17(11)2/h8-9,11-12H,3-7H2,1-2H3,(H,15,16,18). The Bertz CT molecular complexity index is 482. The van der Waals surface area contributed by atoms with E-state index < -0.39 is 0 Å². The van der Waals surface area contributed by atoms with E-state index in [0.29, 0.717) is 18.0 Å². The van der Waals surface area contributed by atoms with E-state index in [9.17, 15) is 4.79 Å². The molecule has 2 aliphatic heterocycles. The first-order valence-electron chi connectivity index (χ1n) is 6.99. The molecule has 98 valence electrons. The number of nitrogens with one attached hydrogen (secondary N) is 1. The van der Waals surface area contributed by atoms with Crippen molar-refractivity contribution in [1.29, 1.82) is 0 Å². The molecular weight excluding hydrogens is 226 g/mol. The van der Waals surface area contributed by atoms with E-state index in [0.717, 1.165) is 30.8 Å². The minimum atomic E-state index is 0.00289. The average molecular weight is 247 g/mol. The molecule has 2 aliphatic rings. The Morgan fingerprint density at radius 2 is 2.06 bits per heavy atom. The molecule has 2 fully saturated rings. The van der Waals surface area contributed by atoms with Gasteiger partial charge >= 0.3 is 0 Å². The predicted octanol–water partition coefficient (Wildman–Crippen LogP) is 1.67. The van der Waals surface area contributed by atoms with Crippen molar-refractivity contribution in [2.45, 2.75) is 57.0 Å². The highest BCUT2D eigenvalue weighted by Crippen LogP contribution is 2.40. The smallest absolute Gasteiger partial charge is 0.251 e. The van der Waals surface area contributed by atoms with E-state index in [4.69, 9.17) is 0 Å². The lowest BCUT2D eigenvalue weighted by Crippen LogP contribution is -2.39. The van der Waals surface area contributed by atoms with Crippen LogP contribution in [0.4, 0.5) is 0 Å². The molecule has 2 saturated heterocycles. The number of nitrogens with zero attached hydrogens (tertiary/aromatic N) is 2. The Balaban J connectivity index is 1.88. The quantitative estimate of drug-likeness (QED) is 0.865. The van der Waals surface area contributed by atoms with E-state index in [2.05, 4.69) is 21.9 Å². The molecule has 0 radical (unpaired) electrons. The number of hydrogen-bond acceptors (Lipinski definition) is 3. The third-order valence-corrected chi connectivity index (χ3v) is 4.66. The molecule has 4 nitrogen and oxygen atoms in total. The second kappa shape index (κ2) is 4.50. The van der Waals surface area contributed by atoms with Gasteiger partial charge in [0, 0.05) is 29.8 Å². The molecular formula is C14H21N3O. The minimum absolute atomic E-state index is 0.00289. The van der Waals surface area contributed by atoms with Gasteiger partial charge in [0.15, 0.2) is 0 Å². The first-order chi connectivity index (χ1) is 8.67. The van der Waals surface area contributed by atoms with Crippen LogP contribution < -0.4 is 5.56 Å². The van der Waals surface area contributed by atoms with E-state index in [-0.39, 0.29) is 5.56 Å². The van der Waals surface area contributed by atoms with Gasteiger partial charge in [0.25, 0.3) is 5.56 Å². The topological polar surface area (TPSA) is 49.0 Å².